The van der Waals surface area contributed by atoms with E-state index in [0.29, 0.717) is 0 Å². The van der Waals surface area contributed by atoms with Crippen molar-refractivity contribution in [3.8, 4) is 0 Å². The van der Waals surface area contributed by atoms with Crippen molar-refractivity contribution in [2.24, 2.45) is 0 Å². The topological polar surface area (TPSA) is 26.0 Å². The van der Waals surface area contributed by atoms with Gasteiger partial charge in [0.1, 0.15) is 5.82 Å². The number of nitrogen functional groups attached to an aromatic ring is 1. The molecule has 1 rings (SSSR count). The molecule has 0 aliphatic carbocycles. The van der Waals surface area contributed by atoms with Gasteiger partial charge in [0.15, 0.2) is 0 Å². The van der Waals surface area contributed by atoms with E-state index in [1.54, 1.807) is 17.8 Å². The summed E-state index contributed by atoms with van der Waals surface area (Å²) in [6.45, 7) is 3.62. The molecule has 0 saturated heterocycles. The molecule has 13 heavy (non-hydrogen) atoms. The Bertz CT molecular complexity index is 299. The molecule has 1 aromatic rings. The van der Waals surface area contributed by atoms with Crippen molar-refractivity contribution < 1.29 is 4.39 Å². The van der Waals surface area contributed by atoms with Gasteiger partial charge in [0.2, 0.25) is 0 Å². The van der Waals surface area contributed by atoms with Crippen LogP contribution in [-0.2, 0) is 0 Å². The van der Waals surface area contributed by atoms with Gasteiger partial charge in [-0.15, -0.1) is 18.3 Å². The molecule has 0 aliphatic rings. The lowest BCUT2D eigenvalue weighted by Gasteiger charge is -2.01. The van der Waals surface area contributed by atoms with Crippen molar-refractivity contribution in [3.05, 3.63) is 36.7 Å². The van der Waals surface area contributed by atoms with E-state index in [2.05, 4.69) is 6.58 Å². The van der Waals surface area contributed by atoms with Crippen molar-refractivity contribution >= 4 is 17.4 Å². The molecule has 0 unspecified atom stereocenters. The molecule has 0 amide bonds. The van der Waals surface area contributed by atoms with Crippen LogP contribution in [-0.4, -0.2) is 5.75 Å². The molecule has 1 aromatic carbocycles. The second kappa shape index (κ2) is 4.92. The van der Waals surface area contributed by atoms with Crippen LogP contribution in [0.4, 0.5) is 10.1 Å². The Morgan fingerprint density at radius 3 is 2.92 bits per heavy atom. The maximum Gasteiger partial charge on any atom is 0.147 e. The summed E-state index contributed by atoms with van der Waals surface area (Å²) in [7, 11) is 0. The Hall–Kier alpha value is -0.960. The molecule has 0 bridgehead atoms. The molecular weight excluding hydrogens is 185 g/mol. The summed E-state index contributed by atoms with van der Waals surface area (Å²) in [6.07, 6.45) is 2.78. The van der Waals surface area contributed by atoms with E-state index in [-0.39, 0.29) is 11.5 Å². The molecule has 0 aliphatic heterocycles. The van der Waals surface area contributed by atoms with Gasteiger partial charge in [0.05, 0.1) is 5.69 Å². The molecule has 0 atom stereocenters. The summed E-state index contributed by atoms with van der Waals surface area (Å²) in [6, 6.07) is 4.88. The molecule has 0 saturated carbocycles. The van der Waals surface area contributed by atoms with E-state index in [1.165, 1.54) is 6.07 Å². The number of allylic oxidation sites excluding steroid dienone is 1. The number of rotatable bonds is 4. The van der Waals surface area contributed by atoms with Crippen LogP contribution in [0.15, 0.2) is 35.7 Å². The summed E-state index contributed by atoms with van der Waals surface area (Å²) in [4.78, 5) is 0.911. The minimum absolute atomic E-state index is 0.202. The van der Waals surface area contributed by atoms with Crippen LogP contribution in [0.5, 0.6) is 0 Å². The predicted octanol–water partition coefficient (Wildman–Crippen LogP) is 3.08. The van der Waals surface area contributed by atoms with Crippen LogP contribution in [0.3, 0.4) is 0 Å². The zero-order valence-electron chi connectivity index (χ0n) is 7.29. The van der Waals surface area contributed by atoms with Crippen molar-refractivity contribution in [1.82, 2.24) is 0 Å². The Kier molecular flexibility index (Phi) is 3.83. The van der Waals surface area contributed by atoms with Crippen molar-refractivity contribution in [2.45, 2.75) is 11.3 Å². The van der Waals surface area contributed by atoms with Crippen LogP contribution in [0.25, 0.3) is 0 Å². The van der Waals surface area contributed by atoms with E-state index in [9.17, 15) is 4.39 Å². The highest BCUT2D eigenvalue weighted by molar-refractivity contribution is 7.99. The SMILES string of the molecule is C=CCCSc1ccc(N)c(F)c1. The second-order valence-corrected chi connectivity index (χ2v) is 3.78. The first-order valence-corrected chi connectivity index (χ1v) is 5.01. The summed E-state index contributed by atoms with van der Waals surface area (Å²) in [5.41, 5.74) is 5.55. The molecular formula is C10H12FNS. The average molecular weight is 197 g/mol. The molecule has 0 fully saturated rings. The first-order chi connectivity index (χ1) is 6.24. The lowest BCUT2D eigenvalue weighted by atomic mass is 10.3. The highest BCUT2D eigenvalue weighted by atomic mass is 32.2. The summed E-state index contributed by atoms with van der Waals surface area (Å²) < 4.78 is 12.9. The fraction of sp³-hybridized carbons (Fsp3) is 0.200. The lowest BCUT2D eigenvalue weighted by Crippen LogP contribution is -1.89. The van der Waals surface area contributed by atoms with Gasteiger partial charge in [0.25, 0.3) is 0 Å². The molecule has 3 heteroatoms. The first kappa shape index (κ1) is 10.1. The van der Waals surface area contributed by atoms with Gasteiger partial charge in [-0.2, -0.15) is 0 Å². The van der Waals surface area contributed by atoms with Gasteiger partial charge < -0.3 is 5.73 Å². The predicted molar refractivity (Wildman–Crippen MR) is 56.4 cm³/mol. The largest absolute Gasteiger partial charge is 0.396 e. The summed E-state index contributed by atoms with van der Waals surface area (Å²) in [5, 5.41) is 0. The van der Waals surface area contributed by atoms with Gasteiger partial charge in [-0.3, -0.25) is 0 Å². The van der Waals surface area contributed by atoms with Gasteiger partial charge in [-0.1, -0.05) is 6.08 Å². The number of benzene rings is 1. The number of anilines is 1. The second-order valence-electron chi connectivity index (χ2n) is 2.61. The summed E-state index contributed by atoms with van der Waals surface area (Å²) >= 11 is 1.60. The number of hydrogen-bond donors (Lipinski definition) is 1. The van der Waals surface area contributed by atoms with E-state index < -0.39 is 0 Å². The molecule has 0 heterocycles. The zero-order chi connectivity index (χ0) is 9.68. The van der Waals surface area contributed by atoms with Gasteiger partial charge in [-0.25, -0.2) is 4.39 Å². The van der Waals surface area contributed by atoms with Gasteiger partial charge in [-0.05, 0) is 24.6 Å². The van der Waals surface area contributed by atoms with Crippen molar-refractivity contribution in [1.29, 1.82) is 0 Å². The van der Waals surface area contributed by atoms with E-state index in [1.807, 2.05) is 12.1 Å². The molecule has 70 valence electrons. The van der Waals surface area contributed by atoms with Crippen molar-refractivity contribution in [2.75, 3.05) is 11.5 Å². The quantitative estimate of drug-likeness (QED) is 0.347. The molecule has 1 nitrogen and oxygen atoms in total. The molecule has 0 radical (unpaired) electrons. The van der Waals surface area contributed by atoms with E-state index >= 15 is 0 Å². The molecule has 0 aromatic heterocycles. The Balaban J connectivity index is 2.57. The number of nitrogens with two attached hydrogens (primary N) is 1. The van der Waals surface area contributed by atoms with Crippen LogP contribution in [0.1, 0.15) is 6.42 Å². The zero-order valence-corrected chi connectivity index (χ0v) is 8.11. The van der Waals surface area contributed by atoms with Crippen molar-refractivity contribution in [3.63, 3.8) is 0 Å². The lowest BCUT2D eigenvalue weighted by molar-refractivity contribution is 0.629. The third-order valence-electron chi connectivity index (χ3n) is 1.56. The van der Waals surface area contributed by atoms with Crippen LogP contribution in [0, 0.1) is 5.82 Å². The fourth-order valence-corrected chi connectivity index (χ4v) is 1.73. The minimum Gasteiger partial charge on any atom is -0.396 e. The average Bonchev–Trinajstić information content (AvgIpc) is 2.12. The number of hydrogen-bond acceptors (Lipinski definition) is 2. The molecule has 2 N–H and O–H groups in total. The maximum atomic E-state index is 12.9. The first-order valence-electron chi connectivity index (χ1n) is 4.02. The molecule has 0 spiro atoms. The van der Waals surface area contributed by atoms with E-state index in [0.717, 1.165) is 17.1 Å². The smallest absolute Gasteiger partial charge is 0.147 e. The number of halogens is 1. The summed E-state index contributed by atoms with van der Waals surface area (Å²) in [5.74, 6) is 0.580. The monoisotopic (exact) mass is 197 g/mol. The van der Waals surface area contributed by atoms with Crippen LogP contribution >= 0.6 is 11.8 Å². The normalized spacial score (nSPS) is 9.92. The third kappa shape index (κ3) is 3.11. The van der Waals surface area contributed by atoms with Gasteiger partial charge >= 0.3 is 0 Å². The van der Waals surface area contributed by atoms with Crippen LogP contribution in [0.2, 0.25) is 0 Å². The maximum absolute atomic E-state index is 12.9. The highest BCUT2D eigenvalue weighted by Crippen LogP contribution is 2.22. The van der Waals surface area contributed by atoms with E-state index in [4.69, 9.17) is 5.73 Å². The number of thioether (sulfide) groups is 1. The Morgan fingerprint density at radius 1 is 1.54 bits per heavy atom. The Morgan fingerprint density at radius 2 is 2.31 bits per heavy atom. The third-order valence-corrected chi connectivity index (χ3v) is 2.59. The van der Waals surface area contributed by atoms with Crippen LogP contribution < -0.4 is 5.73 Å². The minimum atomic E-state index is -0.344. The van der Waals surface area contributed by atoms with Gasteiger partial charge in [0, 0.05) is 10.6 Å². The highest BCUT2D eigenvalue weighted by Gasteiger charge is 1.99. The fourth-order valence-electron chi connectivity index (χ4n) is 0.858. The Labute approximate surface area is 81.8 Å². The standard InChI is InChI=1S/C10H12FNS/c1-2-3-6-13-8-4-5-10(12)9(11)7-8/h2,4-5,7H,1,3,6,12H2.